The fraction of sp³-hybridized carbons (Fsp3) is 0.476. The minimum Gasteiger partial charge on any atom is -0.358 e. The van der Waals surface area contributed by atoms with E-state index in [1.54, 1.807) is 13.2 Å². The molecule has 0 spiro atoms. The van der Waals surface area contributed by atoms with Crippen LogP contribution in [0.3, 0.4) is 0 Å². The normalized spacial score (nSPS) is 17.5. The van der Waals surface area contributed by atoms with Gasteiger partial charge in [0.2, 0.25) is 11.8 Å². The van der Waals surface area contributed by atoms with Gasteiger partial charge in [-0.1, -0.05) is 30.3 Å². The molecular formula is C21H29N5O2. The summed E-state index contributed by atoms with van der Waals surface area (Å²) in [5.74, 6) is 0.0417. The lowest BCUT2D eigenvalue weighted by molar-refractivity contribution is -0.138. The number of benzene rings is 1. The molecule has 0 bridgehead atoms. The summed E-state index contributed by atoms with van der Waals surface area (Å²) in [6.07, 6.45) is 3.03. The summed E-state index contributed by atoms with van der Waals surface area (Å²) >= 11 is 0. The van der Waals surface area contributed by atoms with Gasteiger partial charge < -0.3 is 10.2 Å². The average Bonchev–Trinajstić information content (AvgIpc) is 3.15. The second kappa shape index (κ2) is 9.50. The van der Waals surface area contributed by atoms with Gasteiger partial charge in [-0.05, 0) is 25.0 Å². The van der Waals surface area contributed by atoms with Crippen molar-refractivity contribution in [1.29, 1.82) is 0 Å². The van der Waals surface area contributed by atoms with E-state index in [-0.39, 0.29) is 17.9 Å². The quantitative estimate of drug-likeness (QED) is 0.777. The van der Waals surface area contributed by atoms with E-state index in [4.69, 9.17) is 0 Å². The third-order valence-corrected chi connectivity index (χ3v) is 5.39. The molecule has 7 nitrogen and oxygen atoms in total. The second-order valence-corrected chi connectivity index (χ2v) is 7.19. The maximum atomic E-state index is 12.7. The minimum atomic E-state index is -0.308. The monoisotopic (exact) mass is 383 g/mol. The van der Waals surface area contributed by atoms with Crippen molar-refractivity contribution in [3.8, 4) is 0 Å². The molecule has 1 aliphatic rings. The number of rotatable bonds is 7. The number of carbonyl (C=O) groups is 2. The number of aryl methyl sites for hydroxylation is 2. The van der Waals surface area contributed by atoms with E-state index in [2.05, 4.69) is 27.4 Å². The van der Waals surface area contributed by atoms with Crippen molar-refractivity contribution in [1.82, 2.24) is 24.9 Å². The standard InChI is InChI=1S/C21H29N5O2/c1-17-8-11-23-26(17)13-10-20(27)25-15-14-24(19(16-25)21(28)22-2)12-9-18-6-4-3-5-7-18/h3-8,11,19H,9-10,12-16H2,1-2H3,(H,22,28). The van der Waals surface area contributed by atoms with Gasteiger partial charge in [-0.3, -0.25) is 19.2 Å². The molecule has 150 valence electrons. The Hall–Kier alpha value is -2.67. The molecule has 1 unspecified atom stereocenters. The van der Waals surface area contributed by atoms with Gasteiger partial charge in [0.05, 0.1) is 0 Å². The van der Waals surface area contributed by atoms with Crippen molar-refractivity contribution in [2.75, 3.05) is 33.2 Å². The molecule has 0 saturated carbocycles. The lowest BCUT2D eigenvalue weighted by Crippen LogP contribution is -2.60. The zero-order valence-electron chi connectivity index (χ0n) is 16.7. The smallest absolute Gasteiger partial charge is 0.238 e. The first-order valence-electron chi connectivity index (χ1n) is 9.84. The SMILES string of the molecule is CNC(=O)C1CN(C(=O)CCn2nccc2C)CCN1CCc1ccccc1. The van der Waals surface area contributed by atoms with Crippen molar-refractivity contribution in [3.63, 3.8) is 0 Å². The van der Waals surface area contributed by atoms with E-state index >= 15 is 0 Å². The molecule has 3 rings (SSSR count). The van der Waals surface area contributed by atoms with Crippen LogP contribution in [0.4, 0.5) is 0 Å². The lowest BCUT2D eigenvalue weighted by atomic mass is 10.1. The van der Waals surface area contributed by atoms with Gasteiger partial charge in [-0.25, -0.2) is 0 Å². The maximum Gasteiger partial charge on any atom is 0.238 e. The van der Waals surface area contributed by atoms with Crippen LogP contribution in [-0.4, -0.2) is 70.7 Å². The van der Waals surface area contributed by atoms with Gasteiger partial charge >= 0.3 is 0 Å². The van der Waals surface area contributed by atoms with Crippen LogP contribution in [0.15, 0.2) is 42.6 Å². The van der Waals surface area contributed by atoms with E-state index < -0.39 is 0 Å². The highest BCUT2D eigenvalue weighted by Gasteiger charge is 2.33. The zero-order chi connectivity index (χ0) is 19.9. The van der Waals surface area contributed by atoms with Gasteiger partial charge in [-0.15, -0.1) is 0 Å². The first-order valence-corrected chi connectivity index (χ1v) is 9.84. The van der Waals surface area contributed by atoms with Gasteiger partial charge in [0.25, 0.3) is 0 Å². The number of nitrogens with one attached hydrogen (secondary N) is 1. The molecule has 28 heavy (non-hydrogen) atoms. The zero-order valence-corrected chi connectivity index (χ0v) is 16.7. The Labute approximate surface area is 166 Å². The van der Waals surface area contributed by atoms with Gasteiger partial charge in [0.15, 0.2) is 0 Å². The van der Waals surface area contributed by atoms with Crippen LogP contribution in [0.25, 0.3) is 0 Å². The van der Waals surface area contributed by atoms with E-state index in [0.717, 1.165) is 18.7 Å². The Kier molecular flexibility index (Phi) is 6.81. The predicted molar refractivity (Wildman–Crippen MR) is 108 cm³/mol. The number of nitrogens with zero attached hydrogens (tertiary/aromatic N) is 4. The van der Waals surface area contributed by atoms with Crippen LogP contribution in [0.5, 0.6) is 0 Å². The highest BCUT2D eigenvalue weighted by Crippen LogP contribution is 2.13. The number of carbonyl (C=O) groups excluding carboxylic acids is 2. The van der Waals surface area contributed by atoms with Crippen LogP contribution in [0.1, 0.15) is 17.7 Å². The maximum absolute atomic E-state index is 12.7. The molecule has 0 radical (unpaired) electrons. The van der Waals surface area contributed by atoms with Gasteiger partial charge in [0.1, 0.15) is 6.04 Å². The molecule has 7 heteroatoms. The largest absolute Gasteiger partial charge is 0.358 e. The van der Waals surface area contributed by atoms with E-state index in [0.29, 0.717) is 32.6 Å². The highest BCUT2D eigenvalue weighted by molar-refractivity contribution is 5.83. The summed E-state index contributed by atoms with van der Waals surface area (Å²) in [4.78, 5) is 29.1. The minimum absolute atomic E-state index is 0.0338. The van der Waals surface area contributed by atoms with Crippen LogP contribution >= 0.6 is 0 Å². The summed E-state index contributed by atoms with van der Waals surface area (Å²) in [5.41, 5.74) is 2.30. The summed E-state index contributed by atoms with van der Waals surface area (Å²) < 4.78 is 1.84. The molecule has 0 aliphatic carbocycles. The number of piperazine rings is 1. The highest BCUT2D eigenvalue weighted by atomic mass is 16.2. The number of hydrogen-bond donors (Lipinski definition) is 1. The molecule has 2 amide bonds. The summed E-state index contributed by atoms with van der Waals surface area (Å²) in [5, 5.41) is 6.98. The van der Waals surface area contributed by atoms with Crippen molar-refractivity contribution >= 4 is 11.8 Å². The topological polar surface area (TPSA) is 70.5 Å². The molecule has 2 heterocycles. The molecule has 1 aromatic carbocycles. The molecule has 1 saturated heterocycles. The Morgan fingerprint density at radius 3 is 2.61 bits per heavy atom. The first-order chi connectivity index (χ1) is 13.6. The van der Waals surface area contributed by atoms with Crippen LogP contribution in [-0.2, 0) is 22.6 Å². The molecule has 1 fully saturated rings. The molecule has 1 aliphatic heterocycles. The number of hydrogen-bond acceptors (Lipinski definition) is 4. The third kappa shape index (κ3) is 4.98. The Balaban J connectivity index is 1.57. The van der Waals surface area contributed by atoms with Crippen molar-refractivity contribution in [2.45, 2.75) is 32.4 Å². The Morgan fingerprint density at radius 1 is 1.14 bits per heavy atom. The molecule has 1 N–H and O–H groups in total. The number of amides is 2. The Morgan fingerprint density at radius 2 is 1.93 bits per heavy atom. The fourth-order valence-electron chi connectivity index (χ4n) is 3.64. The fourth-order valence-corrected chi connectivity index (χ4v) is 3.64. The number of aromatic nitrogens is 2. The first kappa shape index (κ1) is 20.1. The van der Waals surface area contributed by atoms with Crippen molar-refractivity contribution in [2.24, 2.45) is 0 Å². The molecule has 2 aromatic rings. The number of likely N-dealkylation sites (N-methyl/N-ethyl adjacent to an activating group) is 1. The van der Waals surface area contributed by atoms with E-state index in [9.17, 15) is 9.59 Å². The van der Waals surface area contributed by atoms with E-state index in [1.165, 1.54) is 5.56 Å². The van der Waals surface area contributed by atoms with Gasteiger partial charge in [-0.2, -0.15) is 5.10 Å². The van der Waals surface area contributed by atoms with Gasteiger partial charge in [0, 0.05) is 58.1 Å². The Bertz CT molecular complexity index is 789. The van der Waals surface area contributed by atoms with Crippen LogP contribution < -0.4 is 5.32 Å². The van der Waals surface area contributed by atoms with E-state index in [1.807, 2.05) is 40.8 Å². The van der Waals surface area contributed by atoms with Crippen LogP contribution in [0.2, 0.25) is 0 Å². The lowest BCUT2D eigenvalue weighted by Gasteiger charge is -2.40. The molecule has 1 aromatic heterocycles. The van der Waals surface area contributed by atoms with Crippen molar-refractivity contribution < 1.29 is 9.59 Å². The van der Waals surface area contributed by atoms with Crippen molar-refractivity contribution in [3.05, 3.63) is 53.9 Å². The van der Waals surface area contributed by atoms with Crippen LogP contribution in [0, 0.1) is 6.92 Å². The average molecular weight is 383 g/mol. The predicted octanol–water partition coefficient (Wildman–Crippen LogP) is 1.08. The summed E-state index contributed by atoms with van der Waals surface area (Å²) in [7, 11) is 1.65. The molecule has 1 atom stereocenters. The third-order valence-electron chi connectivity index (χ3n) is 5.39. The summed E-state index contributed by atoms with van der Waals surface area (Å²) in [6, 6.07) is 11.9. The molecular weight excluding hydrogens is 354 g/mol. The second-order valence-electron chi connectivity index (χ2n) is 7.19. The summed E-state index contributed by atoms with van der Waals surface area (Å²) in [6.45, 7) is 5.14.